The highest BCUT2D eigenvalue weighted by Gasteiger charge is 2.32. The van der Waals surface area contributed by atoms with Gasteiger partial charge in [0.1, 0.15) is 0 Å². The van der Waals surface area contributed by atoms with Crippen molar-refractivity contribution in [2.45, 2.75) is 52.1 Å². The van der Waals surface area contributed by atoms with Crippen molar-refractivity contribution in [3.63, 3.8) is 0 Å². The van der Waals surface area contributed by atoms with Crippen LogP contribution in [0, 0.1) is 5.92 Å². The maximum absolute atomic E-state index is 3.39. The first kappa shape index (κ1) is 12.0. The maximum Gasteiger partial charge on any atom is 0.0249 e. The van der Waals surface area contributed by atoms with Gasteiger partial charge in [-0.25, -0.2) is 0 Å². The Morgan fingerprint density at radius 3 is 2.29 bits per heavy atom. The third kappa shape index (κ3) is 3.97. The summed E-state index contributed by atoms with van der Waals surface area (Å²) >= 11 is 0. The van der Waals surface area contributed by atoms with E-state index in [-0.39, 0.29) is 5.54 Å². The zero-order valence-electron chi connectivity index (χ0n) is 10.4. The molecular weight excluding hydrogens is 172 g/mol. The average molecular weight is 198 g/mol. The Bertz CT molecular complexity index is 171. The highest BCUT2D eigenvalue weighted by Crippen LogP contribution is 2.28. The molecule has 0 saturated heterocycles. The summed E-state index contributed by atoms with van der Waals surface area (Å²) in [7, 11) is 2.06. The number of rotatable bonds is 6. The fourth-order valence-corrected chi connectivity index (χ4v) is 1.84. The average Bonchev–Trinajstić information content (AvgIpc) is 2.84. The van der Waals surface area contributed by atoms with Gasteiger partial charge >= 0.3 is 0 Å². The SMILES string of the molecule is CNC(C)(C)CN(CC(C)C)C1CC1. The van der Waals surface area contributed by atoms with Crippen molar-refractivity contribution < 1.29 is 0 Å². The molecule has 0 radical (unpaired) electrons. The van der Waals surface area contributed by atoms with E-state index in [1.165, 1.54) is 25.9 Å². The normalized spacial score (nSPS) is 18.2. The largest absolute Gasteiger partial charge is 0.314 e. The molecule has 0 atom stereocenters. The summed E-state index contributed by atoms with van der Waals surface area (Å²) in [5, 5.41) is 3.39. The summed E-state index contributed by atoms with van der Waals surface area (Å²) in [6.45, 7) is 11.6. The fraction of sp³-hybridized carbons (Fsp3) is 1.00. The second-order valence-corrected chi connectivity index (χ2v) is 5.69. The fourth-order valence-electron chi connectivity index (χ4n) is 1.84. The molecule has 0 bridgehead atoms. The molecule has 1 rings (SSSR count). The van der Waals surface area contributed by atoms with Crippen LogP contribution >= 0.6 is 0 Å². The first-order chi connectivity index (χ1) is 6.44. The van der Waals surface area contributed by atoms with Gasteiger partial charge in [-0.2, -0.15) is 0 Å². The van der Waals surface area contributed by atoms with Crippen LogP contribution < -0.4 is 5.32 Å². The van der Waals surface area contributed by atoms with Crippen LogP contribution in [0.25, 0.3) is 0 Å². The van der Waals surface area contributed by atoms with Gasteiger partial charge in [0, 0.05) is 24.7 Å². The maximum atomic E-state index is 3.39. The minimum atomic E-state index is 0.248. The van der Waals surface area contributed by atoms with E-state index in [0.29, 0.717) is 0 Å². The Labute approximate surface area is 89.1 Å². The van der Waals surface area contributed by atoms with E-state index in [1.54, 1.807) is 0 Å². The van der Waals surface area contributed by atoms with Crippen LogP contribution in [0.4, 0.5) is 0 Å². The minimum absolute atomic E-state index is 0.248. The van der Waals surface area contributed by atoms with Crippen molar-refractivity contribution in [3.05, 3.63) is 0 Å². The molecule has 1 fully saturated rings. The van der Waals surface area contributed by atoms with Gasteiger partial charge in [-0.15, -0.1) is 0 Å². The van der Waals surface area contributed by atoms with E-state index in [1.807, 2.05) is 0 Å². The van der Waals surface area contributed by atoms with Crippen molar-refractivity contribution >= 4 is 0 Å². The third-order valence-electron chi connectivity index (χ3n) is 2.94. The quantitative estimate of drug-likeness (QED) is 0.703. The molecule has 0 aromatic rings. The van der Waals surface area contributed by atoms with Crippen molar-refractivity contribution in [3.8, 4) is 0 Å². The van der Waals surface area contributed by atoms with Gasteiger partial charge in [-0.05, 0) is 39.7 Å². The molecule has 1 N–H and O–H groups in total. The molecule has 0 heterocycles. The second kappa shape index (κ2) is 4.63. The van der Waals surface area contributed by atoms with Gasteiger partial charge in [-0.1, -0.05) is 13.8 Å². The minimum Gasteiger partial charge on any atom is -0.314 e. The standard InChI is InChI=1S/C12H26N2/c1-10(2)8-14(11-6-7-11)9-12(3,4)13-5/h10-11,13H,6-9H2,1-5H3. The van der Waals surface area contributed by atoms with Gasteiger partial charge in [0.15, 0.2) is 0 Å². The Morgan fingerprint density at radius 2 is 1.93 bits per heavy atom. The number of likely N-dealkylation sites (N-methyl/N-ethyl adjacent to an activating group) is 1. The molecule has 0 amide bonds. The van der Waals surface area contributed by atoms with Crippen LogP contribution in [0.1, 0.15) is 40.5 Å². The van der Waals surface area contributed by atoms with E-state index in [9.17, 15) is 0 Å². The van der Waals surface area contributed by atoms with E-state index in [4.69, 9.17) is 0 Å². The van der Waals surface area contributed by atoms with Crippen molar-refractivity contribution in [1.82, 2.24) is 10.2 Å². The Kier molecular flexibility index (Phi) is 3.96. The van der Waals surface area contributed by atoms with Crippen LogP contribution in [-0.4, -0.2) is 36.6 Å². The highest BCUT2D eigenvalue weighted by molar-refractivity contribution is 4.90. The van der Waals surface area contributed by atoms with Crippen molar-refractivity contribution in [2.24, 2.45) is 5.92 Å². The lowest BCUT2D eigenvalue weighted by Crippen LogP contribution is -2.49. The number of nitrogens with zero attached hydrogens (tertiary/aromatic N) is 1. The van der Waals surface area contributed by atoms with Crippen LogP contribution in [0.5, 0.6) is 0 Å². The Balaban J connectivity index is 2.42. The molecule has 2 heteroatoms. The zero-order chi connectivity index (χ0) is 10.8. The van der Waals surface area contributed by atoms with Gasteiger partial charge in [0.2, 0.25) is 0 Å². The van der Waals surface area contributed by atoms with Crippen molar-refractivity contribution in [2.75, 3.05) is 20.1 Å². The predicted octanol–water partition coefficient (Wildman–Crippen LogP) is 2.10. The van der Waals surface area contributed by atoms with Crippen LogP contribution in [0.2, 0.25) is 0 Å². The predicted molar refractivity (Wildman–Crippen MR) is 62.6 cm³/mol. The molecule has 1 aliphatic carbocycles. The molecule has 0 spiro atoms. The molecular formula is C12H26N2. The van der Waals surface area contributed by atoms with E-state index in [2.05, 4.69) is 45.0 Å². The molecule has 2 nitrogen and oxygen atoms in total. The molecule has 0 aliphatic heterocycles. The number of hydrogen-bond acceptors (Lipinski definition) is 2. The molecule has 84 valence electrons. The van der Waals surface area contributed by atoms with Gasteiger partial charge in [-0.3, -0.25) is 4.90 Å². The molecule has 1 aliphatic rings. The summed E-state index contributed by atoms with van der Waals surface area (Å²) in [5.41, 5.74) is 0.248. The topological polar surface area (TPSA) is 15.3 Å². The lowest BCUT2D eigenvalue weighted by molar-refractivity contribution is 0.180. The zero-order valence-corrected chi connectivity index (χ0v) is 10.4. The molecule has 14 heavy (non-hydrogen) atoms. The molecule has 0 aromatic carbocycles. The smallest absolute Gasteiger partial charge is 0.0249 e. The molecule has 0 aromatic heterocycles. The summed E-state index contributed by atoms with van der Waals surface area (Å²) in [4.78, 5) is 2.65. The van der Waals surface area contributed by atoms with E-state index >= 15 is 0 Å². The van der Waals surface area contributed by atoms with Crippen molar-refractivity contribution in [1.29, 1.82) is 0 Å². The lowest BCUT2D eigenvalue weighted by atomic mass is 10.0. The number of nitrogens with one attached hydrogen (secondary N) is 1. The molecule has 1 saturated carbocycles. The first-order valence-corrected chi connectivity index (χ1v) is 5.87. The first-order valence-electron chi connectivity index (χ1n) is 5.87. The summed E-state index contributed by atoms with van der Waals surface area (Å²) in [6.07, 6.45) is 2.82. The monoisotopic (exact) mass is 198 g/mol. The highest BCUT2D eigenvalue weighted by atomic mass is 15.2. The number of hydrogen-bond donors (Lipinski definition) is 1. The van der Waals surface area contributed by atoms with Gasteiger partial charge in [0.05, 0.1) is 0 Å². The lowest BCUT2D eigenvalue weighted by Gasteiger charge is -2.33. The Morgan fingerprint density at radius 1 is 1.36 bits per heavy atom. The van der Waals surface area contributed by atoms with Crippen LogP contribution in [0.15, 0.2) is 0 Å². The van der Waals surface area contributed by atoms with E-state index in [0.717, 1.165) is 12.0 Å². The summed E-state index contributed by atoms with van der Waals surface area (Å²) in [5.74, 6) is 0.781. The van der Waals surface area contributed by atoms with Crippen LogP contribution in [-0.2, 0) is 0 Å². The second-order valence-electron chi connectivity index (χ2n) is 5.69. The summed E-state index contributed by atoms with van der Waals surface area (Å²) in [6, 6.07) is 0.880. The van der Waals surface area contributed by atoms with Gasteiger partial charge in [0.25, 0.3) is 0 Å². The van der Waals surface area contributed by atoms with Gasteiger partial charge < -0.3 is 5.32 Å². The van der Waals surface area contributed by atoms with Crippen LogP contribution in [0.3, 0.4) is 0 Å². The third-order valence-corrected chi connectivity index (χ3v) is 2.94. The Hall–Kier alpha value is -0.0800. The van der Waals surface area contributed by atoms with E-state index < -0.39 is 0 Å². The molecule has 0 unspecified atom stereocenters. The summed E-state index contributed by atoms with van der Waals surface area (Å²) < 4.78 is 0.